The lowest BCUT2D eigenvalue weighted by Crippen LogP contribution is -2.16. The quantitative estimate of drug-likeness (QED) is 0.160. The van der Waals surface area contributed by atoms with Gasteiger partial charge in [0, 0.05) is 44.0 Å². The first-order chi connectivity index (χ1) is 36.4. The smallest absolute Gasteiger partial charge is 0.164 e. The minimum absolute atomic E-state index is 0.245. The van der Waals surface area contributed by atoms with Crippen LogP contribution in [0.2, 0.25) is 0 Å². The second-order valence-corrected chi connectivity index (χ2v) is 20.3. The molecule has 4 heteroatoms. The van der Waals surface area contributed by atoms with Crippen molar-refractivity contribution in [2.45, 2.75) is 19.3 Å². The Morgan fingerprint density at radius 1 is 0.324 bits per heavy atom. The van der Waals surface area contributed by atoms with Gasteiger partial charge in [0.1, 0.15) is 0 Å². The molecule has 74 heavy (non-hydrogen) atoms. The van der Waals surface area contributed by atoms with Crippen molar-refractivity contribution in [3.05, 3.63) is 254 Å². The third kappa shape index (κ3) is 6.44. The van der Waals surface area contributed by atoms with E-state index >= 15 is 0 Å². The molecule has 0 saturated carbocycles. The maximum Gasteiger partial charge on any atom is 0.164 e. The summed E-state index contributed by atoms with van der Waals surface area (Å²) in [7, 11) is 0. The largest absolute Gasteiger partial charge is 0.308 e. The third-order valence-electron chi connectivity index (χ3n) is 15.7. The van der Waals surface area contributed by atoms with Gasteiger partial charge >= 0.3 is 0 Å². The molecule has 1 aliphatic carbocycles. The molecule has 0 N–H and O–H groups in total. The van der Waals surface area contributed by atoms with Crippen LogP contribution in [-0.4, -0.2) is 19.5 Å². The van der Waals surface area contributed by atoms with Gasteiger partial charge < -0.3 is 4.57 Å². The summed E-state index contributed by atoms with van der Waals surface area (Å²) in [5.41, 5.74) is 23.4. The lowest BCUT2D eigenvalue weighted by molar-refractivity contribution is 0.662. The number of para-hydroxylation sites is 2. The summed E-state index contributed by atoms with van der Waals surface area (Å²) in [6, 6.07) is 87.7. The Morgan fingerprint density at radius 2 is 0.878 bits per heavy atom. The van der Waals surface area contributed by atoms with E-state index in [1.807, 2.05) is 0 Å². The number of aromatic nitrogens is 4. The predicted molar refractivity (Wildman–Crippen MR) is 306 cm³/mol. The highest BCUT2D eigenvalue weighted by atomic mass is 15.0. The second kappa shape index (κ2) is 16.3. The normalized spacial score (nSPS) is 12.8. The first kappa shape index (κ1) is 42.2. The number of rotatable bonds is 7. The summed E-state index contributed by atoms with van der Waals surface area (Å²) < 4.78 is 2.54. The van der Waals surface area contributed by atoms with Crippen LogP contribution in [0, 0.1) is 0 Å². The summed E-state index contributed by atoms with van der Waals surface area (Å²) in [5.74, 6) is 1.85. The van der Waals surface area contributed by atoms with E-state index in [0.29, 0.717) is 17.5 Å². The van der Waals surface area contributed by atoms with Gasteiger partial charge in [-0.05, 0) is 120 Å². The van der Waals surface area contributed by atoms with E-state index in [1.165, 1.54) is 77.4 Å². The van der Waals surface area contributed by atoms with Crippen molar-refractivity contribution in [2.75, 3.05) is 0 Å². The monoisotopic (exact) mass is 942 g/mol. The molecular formula is C70H46N4. The van der Waals surface area contributed by atoms with Crippen molar-refractivity contribution in [1.29, 1.82) is 0 Å². The van der Waals surface area contributed by atoms with E-state index in [9.17, 15) is 0 Å². The highest BCUT2D eigenvalue weighted by molar-refractivity contribution is 6.20. The topological polar surface area (TPSA) is 43.6 Å². The first-order valence-electron chi connectivity index (χ1n) is 25.5. The fourth-order valence-corrected chi connectivity index (χ4v) is 12.3. The maximum absolute atomic E-state index is 5.42. The van der Waals surface area contributed by atoms with E-state index < -0.39 is 0 Å². The molecule has 3 heterocycles. The zero-order chi connectivity index (χ0) is 49.1. The van der Waals surface area contributed by atoms with Crippen molar-refractivity contribution in [3.63, 3.8) is 0 Å². The number of fused-ring (bicyclic) bond motifs is 7. The van der Waals surface area contributed by atoms with Gasteiger partial charge in [0.05, 0.1) is 16.7 Å². The van der Waals surface area contributed by atoms with Crippen molar-refractivity contribution in [1.82, 2.24) is 19.5 Å². The van der Waals surface area contributed by atoms with Crippen LogP contribution in [0.1, 0.15) is 25.0 Å². The molecule has 0 spiro atoms. The maximum atomic E-state index is 5.42. The molecule has 0 amide bonds. The van der Waals surface area contributed by atoms with E-state index in [2.05, 4.69) is 261 Å². The van der Waals surface area contributed by atoms with Gasteiger partial charge in [-0.15, -0.1) is 0 Å². The second-order valence-electron chi connectivity index (χ2n) is 20.3. The Labute approximate surface area is 429 Å². The van der Waals surface area contributed by atoms with Crippen molar-refractivity contribution in [2.24, 2.45) is 0 Å². The Kier molecular flexibility index (Phi) is 9.27. The molecular weight excluding hydrogens is 897 g/mol. The van der Waals surface area contributed by atoms with Gasteiger partial charge in [0.2, 0.25) is 0 Å². The van der Waals surface area contributed by atoms with Crippen molar-refractivity contribution < 1.29 is 0 Å². The molecule has 1 aliphatic heterocycles. The molecule has 11 aromatic carbocycles. The SMILES string of the molecule is CC1(C)c2cccc3c2-c2c1c(-c1ccc(-c4ccccc4-c4nc(-c5cc(-c6ccccc6)cc(-c6ccccc6)c5)nc(-c5ccc6ccccc6c5)n4)cc1)cc1c4ccccc4n(c21)-c1ccccc1-3. The third-order valence-corrected chi connectivity index (χ3v) is 15.7. The molecule has 4 nitrogen and oxygen atoms in total. The van der Waals surface area contributed by atoms with Crippen LogP contribution in [0.3, 0.4) is 0 Å². The van der Waals surface area contributed by atoms with Gasteiger partial charge in [-0.2, -0.15) is 0 Å². The van der Waals surface area contributed by atoms with E-state index in [4.69, 9.17) is 15.0 Å². The highest BCUT2D eigenvalue weighted by Gasteiger charge is 2.43. The zero-order valence-electron chi connectivity index (χ0n) is 40.9. The Balaban J connectivity index is 0.905. The Hall–Kier alpha value is -9.51. The van der Waals surface area contributed by atoms with Gasteiger partial charge in [-0.25, -0.2) is 15.0 Å². The minimum atomic E-state index is -0.245. The first-order valence-corrected chi connectivity index (χ1v) is 25.5. The summed E-state index contributed by atoms with van der Waals surface area (Å²) in [5, 5.41) is 4.84. The van der Waals surface area contributed by atoms with Crippen LogP contribution >= 0.6 is 0 Å². The van der Waals surface area contributed by atoms with Crippen molar-refractivity contribution >= 4 is 32.6 Å². The standard InChI is InChI=1S/C70H46N4/c1-70(2)60-29-17-28-56-54-25-13-15-30-61(54)74-62-31-16-14-26-55(62)59-42-58(65(70)64(63(56)60)66(59)74)47-35-33-46(34-36-47)53-24-11-12-27-57(53)69-72-67(49-37-32-45-22-9-10-23-48(45)38-49)71-68(73-69)52-40-50(43-18-5-3-6-19-43)39-51(41-52)44-20-7-4-8-21-44/h3-42H,1-2H3. The summed E-state index contributed by atoms with van der Waals surface area (Å²) in [6.45, 7) is 4.83. The number of benzene rings is 11. The number of hydrogen-bond donors (Lipinski definition) is 0. The highest BCUT2D eigenvalue weighted by Crippen LogP contribution is 2.60. The zero-order valence-corrected chi connectivity index (χ0v) is 40.9. The molecule has 2 aliphatic rings. The number of nitrogens with zero attached hydrogens (tertiary/aromatic N) is 4. The fourth-order valence-electron chi connectivity index (χ4n) is 12.3. The Morgan fingerprint density at radius 3 is 1.62 bits per heavy atom. The van der Waals surface area contributed by atoms with Gasteiger partial charge in [0.15, 0.2) is 17.5 Å². The summed E-state index contributed by atoms with van der Waals surface area (Å²) in [4.78, 5) is 16.1. The van der Waals surface area contributed by atoms with Gasteiger partial charge in [-0.3, -0.25) is 0 Å². The van der Waals surface area contributed by atoms with Crippen LogP contribution in [0.4, 0.5) is 0 Å². The molecule has 346 valence electrons. The molecule has 15 rings (SSSR count). The van der Waals surface area contributed by atoms with E-state index in [0.717, 1.165) is 55.5 Å². The van der Waals surface area contributed by atoms with Crippen LogP contribution in [0.15, 0.2) is 243 Å². The van der Waals surface area contributed by atoms with Crippen LogP contribution in [0.5, 0.6) is 0 Å². The molecule has 0 unspecified atom stereocenters. The minimum Gasteiger partial charge on any atom is -0.308 e. The Bertz CT molecular complexity index is 4370. The summed E-state index contributed by atoms with van der Waals surface area (Å²) >= 11 is 0. The number of hydrogen-bond acceptors (Lipinski definition) is 3. The molecule has 0 bridgehead atoms. The van der Waals surface area contributed by atoms with Gasteiger partial charge in [-0.1, -0.05) is 214 Å². The lowest BCUT2D eigenvalue weighted by atomic mass is 9.78. The van der Waals surface area contributed by atoms with Crippen LogP contribution < -0.4 is 0 Å². The molecule has 0 radical (unpaired) electrons. The molecule has 13 aromatic rings. The predicted octanol–water partition coefficient (Wildman–Crippen LogP) is 18.1. The fraction of sp³-hybridized carbons (Fsp3) is 0.0429. The molecule has 0 saturated heterocycles. The lowest BCUT2D eigenvalue weighted by Gasteiger charge is -2.26. The van der Waals surface area contributed by atoms with Crippen LogP contribution in [0.25, 0.3) is 139 Å². The van der Waals surface area contributed by atoms with E-state index in [1.54, 1.807) is 0 Å². The van der Waals surface area contributed by atoms with E-state index in [-0.39, 0.29) is 5.41 Å². The van der Waals surface area contributed by atoms with Crippen molar-refractivity contribution in [3.8, 4) is 107 Å². The molecule has 0 atom stereocenters. The van der Waals surface area contributed by atoms with Gasteiger partial charge in [0.25, 0.3) is 0 Å². The average molecular weight is 943 g/mol. The molecule has 2 aromatic heterocycles. The average Bonchev–Trinajstić information content (AvgIpc) is 3.91. The molecule has 0 fully saturated rings. The van der Waals surface area contributed by atoms with Crippen LogP contribution in [-0.2, 0) is 5.41 Å². The summed E-state index contributed by atoms with van der Waals surface area (Å²) in [6.07, 6.45) is 0.